The van der Waals surface area contributed by atoms with Crippen molar-refractivity contribution in [3.05, 3.63) is 40.9 Å². The number of fused-ring (bicyclic) bond motifs is 1. The first kappa shape index (κ1) is 15.7. The van der Waals surface area contributed by atoms with Crippen molar-refractivity contribution in [2.75, 3.05) is 13.1 Å². The van der Waals surface area contributed by atoms with Gasteiger partial charge in [0.05, 0.1) is 17.2 Å². The number of para-hydroxylation sites is 1. The van der Waals surface area contributed by atoms with Crippen molar-refractivity contribution in [1.29, 1.82) is 0 Å². The molecule has 0 saturated carbocycles. The van der Waals surface area contributed by atoms with Crippen LogP contribution in [0.3, 0.4) is 0 Å². The Labute approximate surface area is 134 Å². The monoisotopic (exact) mass is 314 g/mol. The highest BCUT2D eigenvalue weighted by Gasteiger charge is 2.22. The fourth-order valence-corrected chi connectivity index (χ4v) is 2.99. The van der Waals surface area contributed by atoms with Crippen LogP contribution in [0.5, 0.6) is 0 Å². The van der Waals surface area contributed by atoms with Gasteiger partial charge < -0.3 is 10.6 Å². The third-order valence-corrected chi connectivity index (χ3v) is 4.44. The molecular formula is C17H22N4O2. The zero-order valence-electron chi connectivity index (χ0n) is 13.3. The molecule has 0 aliphatic carbocycles. The molecule has 2 heterocycles. The molecule has 1 fully saturated rings. The molecule has 3 rings (SSSR count). The van der Waals surface area contributed by atoms with Crippen LogP contribution in [0.15, 0.2) is 35.4 Å². The second kappa shape index (κ2) is 6.91. The fourth-order valence-electron chi connectivity index (χ4n) is 2.99. The van der Waals surface area contributed by atoms with E-state index in [0.717, 1.165) is 19.5 Å². The zero-order valence-corrected chi connectivity index (χ0v) is 13.3. The average Bonchev–Trinajstić information content (AvgIpc) is 2.57. The molecule has 1 aromatic carbocycles. The molecule has 6 nitrogen and oxygen atoms in total. The Hall–Kier alpha value is -2.21. The highest BCUT2D eigenvalue weighted by molar-refractivity contribution is 5.77. The number of piperidine rings is 1. The van der Waals surface area contributed by atoms with Gasteiger partial charge in [-0.05, 0) is 37.6 Å². The molecule has 23 heavy (non-hydrogen) atoms. The van der Waals surface area contributed by atoms with Crippen molar-refractivity contribution < 1.29 is 4.79 Å². The van der Waals surface area contributed by atoms with Gasteiger partial charge in [-0.1, -0.05) is 19.1 Å². The molecule has 1 aliphatic rings. The summed E-state index contributed by atoms with van der Waals surface area (Å²) in [4.78, 5) is 28.8. The Kier molecular flexibility index (Phi) is 4.71. The van der Waals surface area contributed by atoms with Crippen LogP contribution in [0, 0.1) is 5.92 Å². The fraction of sp³-hybridized carbons (Fsp3) is 0.471. The number of nitrogens with zero attached hydrogens (tertiary/aromatic N) is 2. The first-order valence-corrected chi connectivity index (χ1v) is 8.09. The maximum Gasteiger partial charge on any atom is 0.261 e. The summed E-state index contributed by atoms with van der Waals surface area (Å²) in [6.07, 6.45) is 2.76. The molecule has 2 atom stereocenters. The van der Waals surface area contributed by atoms with Crippen LogP contribution in [-0.4, -0.2) is 34.6 Å². The average molecular weight is 314 g/mol. The number of hydrogen-bond donors (Lipinski definition) is 2. The van der Waals surface area contributed by atoms with Crippen LogP contribution in [0.1, 0.15) is 19.8 Å². The van der Waals surface area contributed by atoms with E-state index in [-0.39, 0.29) is 23.9 Å². The van der Waals surface area contributed by atoms with Gasteiger partial charge in [0.15, 0.2) is 0 Å². The molecule has 1 aromatic heterocycles. The summed E-state index contributed by atoms with van der Waals surface area (Å²) in [5.41, 5.74) is 0.584. The maximum absolute atomic E-state index is 12.4. The zero-order chi connectivity index (χ0) is 16.2. The third kappa shape index (κ3) is 3.59. The van der Waals surface area contributed by atoms with Crippen LogP contribution >= 0.6 is 0 Å². The molecule has 1 amide bonds. The molecule has 1 aliphatic heterocycles. The lowest BCUT2D eigenvalue weighted by Gasteiger charge is -2.30. The van der Waals surface area contributed by atoms with E-state index in [2.05, 4.69) is 22.5 Å². The van der Waals surface area contributed by atoms with Gasteiger partial charge in [0.25, 0.3) is 5.56 Å². The number of benzene rings is 1. The Morgan fingerprint density at radius 1 is 1.43 bits per heavy atom. The normalized spacial score (nSPS) is 21.3. The number of hydrogen-bond acceptors (Lipinski definition) is 4. The van der Waals surface area contributed by atoms with E-state index in [1.807, 2.05) is 18.2 Å². The van der Waals surface area contributed by atoms with Crippen LogP contribution in [-0.2, 0) is 11.3 Å². The maximum atomic E-state index is 12.4. The third-order valence-electron chi connectivity index (χ3n) is 4.44. The van der Waals surface area contributed by atoms with Crippen molar-refractivity contribution in [1.82, 2.24) is 20.2 Å². The minimum Gasteiger partial charge on any atom is -0.353 e. The second-order valence-electron chi connectivity index (χ2n) is 6.15. The summed E-state index contributed by atoms with van der Waals surface area (Å²) in [6.45, 7) is 4.35. The van der Waals surface area contributed by atoms with E-state index < -0.39 is 0 Å². The quantitative estimate of drug-likeness (QED) is 0.879. The summed E-state index contributed by atoms with van der Waals surface area (Å²) in [6, 6.07) is 7.47. The van der Waals surface area contributed by atoms with E-state index in [0.29, 0.717) is 23.4 Å². The van der Waals surface area contributed by atoms with Crippen molar-refractivity contribution in [3.63, 3.8) is 0 Å². The van der Waals surface area contributed by atoms with Gasteiger partial charge >= 0.3 is 0 Å². The Balaban J connectivity index is 1.63. The molecule has 6 heteroatoms. The Bertz CT molecular complexity index is 756. The van der Waals surface area contributed by atoms with E-state index in [1.54, 1.807) is 6.07 Å². The molecule has 122 valence electrons. The number of aromatic nitrogens is 2. The molecule has 2 unspecified atom stereocenters. The predicted molar refractivity (Wildman–Crippen MR) is 89.2 cm³/mol. The molecule has 0 radical (unpaired) electrons. The summed E-state index contributed by atoms with van der Waals surface area (Å²) < 4.78 is 1.51. The molecule has 2 aromatic rings. The van der Waals surface area contributed by atoms with Crippen LogP contribution in [0.2, 0.25) is 0 Å². The highest BCUT2D eigenvalue weighted by atomic mass is 16.2. The smallest absolute Gasteiger partial charge is 0.261 e. The first-order valence-electron chi connectivity index (χ1n) is 8.09. The van der Waals surface area contributed by atoms with Gasteiger partial charge in [0.1, 0.15) is 0 Å². The van der Waals surface area contributed by atoms with Gasteiger partial charge in [-0.3, -0.25) is 14.2 Å². The van der Waals surface area contributed by atoms with Crippen molar-refractivity contribution in [2.45, 2.75) is 32.4 Å². The van der Waals surface area contributed by atoms with Crippen molar-refractivity contribution in [3.8, 4) is 0 Å². The summed E-state index contributed by atoms with van der Waals surface area (Å²) >= 11 is 0. The molecule has 2 N–H and O–H groups in total. The topological polar surface area (TPSA) is 76.0 Å². The lowest BCUT2D eigenvalue weighted by Crippen LogP contribution is -2.48. The van der Waals surface area contributed by atoms with Crippen LogP contribution in [0.25, 0.3) is 10.9 Å². The highest BCUT2D eigenvalue weighted by Crippen LogP contribution is 2.10. The number of amides is 1. The molecule has 0 bridgehead atoms. The van der Waals surface area contributed by atoms with Crippen molar-refractivity contribution in [2.24, 2.45) is 5.92 Å². The van der Waals surface area contributed by atoms with Crippen molar-refractivity contribution >= 4 is 16.8 Å². The molecule has 1 saturated heterocycles. The van der Waals surface area contributed by atoms with E-state index in [4.69, 9.17) is 0 Å². The largest absolute Gasteiger partial charge is 0.353 e. The van der Waals surface area contributed by atoms with E-state index >= 15 is 0 Å². The number of rotatable bonds is 4. The Morgan fingerprint density at radius 3 is 3.09 bits per heavy atom. The summed E-state index contributed by atoms with van der Waals surface area (Å²) in [5.74, 6) is 0.418. The van der Waals surface area contributed by atoms with Crippen LogP contribution in [0.4, 0.5) is 0 Å². The lowest BCUT2D eigenvalue weighted by atomic mass is 9.95. The number of carbonyl (C=O) groups is 1. The molecule has 0 spiro atoms. The first-order chi connectivity index (χ1) is 11.1. The van der Waals surface area contributed by atoms with Crippen LogP contribution < -0.4 is 16.2 Å². The van der Waals surface area contributed by atoms with Gasteiger partial charge in [0, 0.05) is 19.0 Å². The summed E-state index contributed by atoms with van der Waals surface area (Å²) in [5, 5.41) is 6.98. The SMILES string of the molecule is CC1CNCCC1NC(=O)CCn1cnc2ccccc2c1=O. The minimum absolute atomic E-state index is 0.0104. The van der Waals surface area contributed by atoms with Gasteiger partial charge in [-0.15, -0.1) is 0 Å². The summed E-state index contributed by atoms with van der Waals surface area (Å²) in [7, 11) is 0. The standard InChI is InChI=1S/C17H22N4O2/c1-12-10-18-8-6-14(12)20-16(22)7-9-21-11-19-15-5-3-2-4-13(15)17(21)23/h2-5,11-12,14,18H,6-10H2,1H3,(H,20,22). The number of nitrogens with one attached hydrogen (secondary N) is 2. The molecular weight excluding hydrogens is 292 g/mol. The second-order valence-corrected chi connectivity index (χ2v) is 6.15. The van der Waals surface area contributed by atoms with E-state index in [9.17, 15) is 9.59 Å². The minimum atomic E-state index is -0.0985. The predicted octanol–water partition coefficient (Wildman–Crippen LogP) is 0.901. The Morgan fingerprint density at radius 2 is 2.26 bits per heavy atom. The lowest BCUT2D eigenvalue weighted by molar-refractivity contribution is -0.122. The van der Waals surface area contributed by atoms with Gasteiger partial charge in [-0.25, -0.2) is 4.98 Å². The number of carbonyl (C=O) groups excluding carboxylic acids is 1. The van der Waals surface area contributed by atoms with E-state index in [1.165, 1.54) is 10.9 Å². The number of aryl methyl sites for hydroxylation is 1. The van der Waals surface area contributed by atoms with Gasteiger partial charge in [-0.2, -0.15) is 0 Å². The van der Waals surface area contributed by atoms with Gasteiger partial charge in [0.2, 0.25) is 5.91 Å².